The molecule has 0 aliphatic carbocycles. The summed E-state index contributed by atoms with van der Waals surface area (Å²) in [6.07, 6.45) is 1.03. The number of fused-ring (bicyclic) bond motifs is 1. The molecule has 0 radical (unpaired) electrons. The summed E-state index contributed by atoms with van der Waals surface area (Å²) in [5, 5.41) is 24.8. The van der Waals surface area contributed by atoms with Crippen molar-refractivity contribution < 1.29 is 19.6 Å². The van der Waals surface area contributed by atoms with Crippen LogP contribution < -0.4 is 0 Å². The van der Waals surface area contributed by atoms with Crippen LogP contribution in [0.25, 0.3) is 0 Å². The topological polar surface area (TPSA) is 113 Å². The average molecular weight is 311 g/mol. The van der Waals surface area contributed by atoms with Crippen molar-refractivity contribution in [3.8, 4) is 5.75 Å². The summed E-state index contributed by atoms with van der Waals surface area (Å²) < 4.78 is 0. The second kappa shape index (κ2) is 5.34. The second-order valence-corrected chi connectivity index (χ2v) is 4.71. The van der Waals surface area contributed by atoms with E-state index in [0.717, 1.165) is 24.4 Å². The fourth-order valence-electron chi connectivity index (χ4n) is 2.16. The SMILES string of the molecule is O=C1c2ccccc2C(=O)N1/N=C/c1cc([N+](=O)[O-])ccc1O. The minimum atomic E-state index is -0.626. The van der Waals surface area contributed by atoms with Crippen LogP contribution in [0.3, 0.4) is 0 Å². The van der Waals surface area contributed by atoms with E-state index in [1.165, 1.54) is 12.1 Å². The van der Waals surface area contributed by atoms with Crippen molar-refractivity contribution >= 4 is 23.7 Å². The highest BCUT2D eigenvalue weighted by Crippen LogP contribution is 2.24. The number of imide groups is 1. The number of hydrogen-bond donors (Lipinski definition) is 1. The number of carbonyl (C=O) groups excluding carboxylic acids is 2. The number of hydrogen-bond acceptors (Lipinski definition) is 6. The lowest BCUT2D eigenvalue weighted by molar-refractivity contribution is -0.384. The van der Waals surface area contributed by atoms with Gasteiger partial charge in [0.1, 0.15) is 5.75 Å². The van der Waals surface area contributed by atoms with E-state index in [9.17, 15) is 24.8 Å². The van der Waals surface area contributed by atoms with E-state index in [1.807, 2.05) is 0 Å². The Bertz CT molecular complexity index is 840. The third kappa shape index (κ3) is 2.42. The first kappa shape index (κ1) is 14.4. The molecule has 0 fully saturated rings. The summed E-state index contributed by atoms with van der Waals surface area (Å²) in [4.78, 5) is 34.3. The minimum Gasteiger partial charge on any atom is -0.507 e. The van der Waals surface area contributed by atoms with E-state index >= 15 is 0 Å². The van der Waals surface area contributed by atoms with Gasteiger partial charge in [0, 0.05) is 17.7 Å². The molecule has 0 aromatic heterocycles. The molecule has 1 aliphatic rings. The molecule has 0 saturated heterocycles. The van der Waals surface area contributed by atoms with Crippen molar-refractivity contribution in [2.24, 2.45) is 5.10 Å². The summed E-state index contributed by atoms with van der Waals surface area (Å²) in [6, 6.07) is 9.65. The molecule has 0 atom stereocenters. The number of nitrogens with zero attached hydrogens (tertiary/aromatic N) is 3. The van der Waals surface area contributed by atoms with Crippen LogP contribution in [-0.2, 0) is 0 Å². The molecule has 2 aromatic carbocycles. The van der Waals surface area contributed by atoms with Crippen LogP contribution in [0.2, 0.25) is 0 Å². The first-order chi connectivity index (χ1) is 11.0. The zero-order chi connectivity index (χ0) is 16.6. The van der Waals surface area contributed by atoms with E-state index in [2.05, 4.69) is 5.10 Å². The summed E-state index contributed by atoms with van der Waals surface area (Å²) in [6.45, 7) is 0. The first-order valence-electron chi connectivity index (χ1n) is 6.48. The molecule has 23 heavy (non-hydrogen) atoms. The van der Waals surface area contributed by atoms with E-state index in [-0.39, 0.29) is 28.1 Å². The Morgan fingerprint density at radius 1 is 1.09 bits per heavy atom. The van der Waals surface area contributed by atoms with Crippen LogP contribution in [0.4, 0.5) is 5.69 Å². The van der Waals surface area contributed by atoms with Gasteiger partial charge in [-0.05, 0) is 18.2 Å². The number of aromatic hydroxyl groups is 1. The summed E-state index contributed by atoms with van der Waals surface area (Å²) in [5.41, 5.74) is 0.248. The van der Waals surface area contributed by atoms with Gasteiger partial charge < -0.3 is 5.11 Å². The van der Waals surface area contributed by atoms with Crippen molar-refractivity contribution in [1.82, 2.24) is 5.01 Å². The number of nitro groups is 1. The molecule has 3 rings (SSSR count). The predicted octanol–water partition coefficient (Wildman–Crippen LogP) is 1.93. The van der Waals surface area contributed by atoms with Crippen LogP contribution in [-0.4, -0.2) is 33.1 Å². The number of phenols is 1. The van der Waals surface area contributed by atoms with Gasteiger partial charge in [0.2, 0.25) is 0 Å². The van der Waals surface area contributed by atoms with Gasteiger partial charge in [-0.3, -0.25) is 19.7 Å². The molecule has 114 valence electrons. The van der Waals surface area contributed by atoms with Crippen molar-refractivity contribution in [3.05, 3.63) is 69.3 Å². The number of nitro benzene ring substituents is 1. The molecule has 0 unspecified atom stereocenters. The van der Waals surface area contributed by atoms with Crippen LogP contribution in [0.5, 0.6) is 5.75 Å². The molecular weight excluding hydrogens is 302 g/mol. The lowest BCUT2D eigenvalue weighted by Crippen LogP contribution is -2.24. The quantitative estimate of drug-likeness (QED) is 0.403. The molecule has 0 bridgehead atoms. The molecule has 0 saturated carbocycles. The van der Waals surface area contributed by atoms with E-state index in [0.29, 0.717) is 5.01 Å². The van der Waals surface area contributed by atoms with E-state index in [4.69, 9.17) is 0 Å². The van der Waals surface area contributed by atoms with Gasteiger partial charge in [-0.25, -0.2) is 0 Å². The van der Waals surface area contributed by atoms with E-state index < -0.39 is 16.7 Å². The molecule has 1 aliphatic heterocycles. The fraction of sp³-hybridized carbons (Fsp3) is 0. The van der Waals surface area contributed by atoms with Crippen molar-refractivity contribution in [2.45, 2.75) is 0 Å². The zero-order valence-electron chi connectivity index (χ0n) is 11.5. The smallest absolute Gasteiger partial charge is 0.282 e. The Balaban J connectivity index is 1.93. The number of phenolic OH excluding ortho intramolecular Hbond substituents is 1. The van der Waals surface area contributed by atoms with Gasteiger partial charge in [0.05, 0.1) is 22.3 Å². The highest BCUT2D eigenvalue weighted by molar-refractivity contribution is 6.21. The van der Waals surface area contributed by atoms with Gasteiger partial charge >= 0.3 is 0 Å². The normalized spacial score (nSPS) is 13.7. The molecule has 1 heterocycles. The third-order valence-corrected chi connectivity index (χ3v) is 3.31. The van der Waals surface area contributed by atoms with Crippen molar-refractivity contribution in [3.63, 3.8) is 0 Å². The van der Waals surface area contributed by atoms with Gasteiger partial charge in [0.25, 0.3) is 17.5 Å². The molecular formula is C15H9N3O5. The Hall–Kier alpha value is -3.55. The Morgan fingerprint density at radius 2 is 1.70 bits per heavy atom. The number of non-ortho nitro benzene ring substituents is 1. The highest BCUT2D eigenvalue weighted by Gasteiger charge is 2.35. The standard InChI is InChI=1S/C15H9N3O5/c19-13-6-5-10(18(22)23)7-9(13)8-16-17-14(20)11-3-1-2-4-12(11)15(17)21/h1-8,19H/b16-8+. The van der Waals surface area contributed by atoms with Crippen LogP contribution >= 0.6 is 0 Å². The Kier molecular flexibility index (Phi) is 3.34. The van der Waals surface area contributed by atoms with Gasteiger partial charge in [-0.1, -0.05) is 12.1 Å². The number of carbonyl (C=O) groups is 2. The highest BCUT2D eigenvalue weighted by atomic mass is 16.6. The molecule has 1 N–H and O–H groups in total. The first-order valence-corrected chi connectivity index (χ1v) is 6.48. The average Bonchev–Trinajstić information content (AvgIpc) is 2.78. The molecule has 2 aromatic rings. The summed E-state index contributed by atoms with van der Waals surface area (Å²) in [5.74, 6) is -1.44. The maximum Gasteiger partial charge on any atom is 0.282 e. The van der Waals surface area contributed by atoms with Crippen molar-refractivity contribution in [1.29, 1.82) is 0 Å². The number of benzene rings is 2. The lowest BCUT2D eigenvalue weighted by Gasteiger charge is -2.06. The Morgan fingerprint density at radius 3 is 2.26 bits per heavy atom. The zero-order valence-corrected chi connectivity index (χ0v) is 11.5. The molecule has 2 amide bonds. The predicted molar refractivity (Wildman–Crippen MR) is 79.3 cm³/mol. The van der Waals surface area contributed by atoms with Gasteiger partial charge in [-0.2, -0.15) is 10.1 Å². The van der Waals surface area contributed by atoms with Crippen LogP contribution in [0.1, 0.15) is 26.3 Å². The Labute approximate surface area is 129 Å². The van der Waals surface area contributed by atoms with Gasteiger partial charge in [-0.15, -0.1) is 0 Å². The number of rotatable bonds is 3. The third-order valence-electron chi connectivity index (χ3n) is 3.31. The van der Waals surface area contributed by atoms with Crippen LogP contribution in [0.15, 0.2) is 47.6 Å². The minimum absolute atomic E-state index is 0.0238. The molecule has 8 nitrogen and oxygen atoms in total. The fourth-order valence-corrected chi connectivity index (χ4v) is 2.16. The number of amides is 2. The molecule has 8 heteroatoms. The summed E-state index contributed by atoms with van der Waals surface area (Å²) >= 11 is 0. The molecule has 0 spiro atoms. The van der Waals surface area contributed by atoms with E-state index in [1.54, 1.807) is 12.1 Å². The van der Waals surface area contributed by atoms with Crippen molar-refractivity contribution in [2.75, 3.05) is 0 Å². The largest absolute Gasteiger partial charge is 0.507 e. The second-order valence-electron chi connectivity index (χ2n) is 4.71. The van der Waals surface area contributed by atoms with Crippen LogP contribution in [0, 0.1) is 10.1 Å². The lowest BCUT2D eigenvalue weighted by atomic mass is 10.1. The summed E-state index contributed by atoms with van der Waals surface area (Å²) in [7, 11) is 0. The maximum absolute atomic E-state index is 12.1. The monoisotopic (exact) mass is 311 g/mol. The van der Waals surface area contributed by atoms with Gasteiger partial charge in [0.15, 0.2) is 0 Å². The maximum atomic E-state index is 12.1. The number of hydrazone groups is 1.